The maximum absolute atomic E-state index is 14.7. The first-order chi connectivity index (χ1) is 24.7. The Morgan fingerprint density at radius 3 is 2.33 bits per heavy atom. The molecule has 272 valence electrons. The van der Waals surface area contributed by atoms with Crippen molar-refractivity contribution in [2.45, 2.75) is 120 Å². The van der Waals surface area contributed by atoms with Crippen LogP contribution in [0.5, 0.6) is 5.75 Å². The van der Waals surface area contributed by atoms with Crippen molar-refractivity contribution >= 4 is 29.2 Å². The van der Waals surface area contributed by atoms with Gasteiger partial charge in [0.05, 0.1) is 23.1 Å². The highest BCUT2D eigenvalue weighted by atomic mass is 32.1. The van der Waals surface area contributed by atoms with E-state index in [-0.39, 0.29) is 41.0 Å². The second kappa shape index (κ2) is 14.1. The van der Waals surface area contributed by atoms with Crippen LogP contribution in [-0.4, -0.2) is 70.9 Å². The lowest BCUT2D eigenvalue weighted by Crippen LogP contribution is -2.52. The average Bonchev–Trinajstić information content (AvgIpc) is 3.90. The number of hydrogen-bond donors (Lipinski definition) is 1. The summed E-state index contributed by atoms with van der Waals surface area (Å²) in [4.78, 5) is 42.0. The van der Waals surface area contributed by atoms with E-state index in [1.54, 1.807) is 23.3 Å². The summed E-state index contributed by atoms with van der Waals surface area (Å²) in [5.74, 6) is 2.31. The summed E-state index contributed by atoms with van der Waals surface area (Å²) in [5, 5.41) is 11.0. The third kappa shape index (κ3) is 7.15. The molecule has 0 unspecified atom stereocenters. The van der Waals surface area contributed by atoms with Crippen LogP contribution in [0.15, 0.2) is 42.7 Å². The van der Waals surface area contributed by atoms with E-state index < -0.39 is 0 Å². The molecule has 5 saturated carbocycles. The Bertz CT molecular complexity index is 1710. The van der Waals surface area contributed by atoms with Crippen molar-refractivity contribution in [1.82, 2.24) is 14.9 Å². The molecule has 10 heteroatoms. The zero-order valence-electron chi connectivity index (χ0n) is 30.1. The fourth-order valence-electron chi connectivity index (χ4n) is 9.32. The van der Waals surface area contributed by atoms with Crippen molar-refractivity contribution in [2.24, 2.45) is 11.3 Å². The zero-order valence-corrected chi connectivity index (χ0v) is 31.0. The monoisotopic (exact) mass is 712 g/mol. The largest absolute Gasteiger partial charge is 0.496 e. The Hall–Kier alpha value is -3.50. The number of nitrogens with zero attached hydrogens (tertiary/aromatic N) is 4. The molecule has 2 aromatic heterocycles. The summed E-state index contributed by atoms with van der Waals surface area (Å²) in [5.41, 5.74) is 3.95. The maximum Gasteiger partial charge on any atom is 0.410 e. The van der Waals surface area contributed by atoms with Gasteiger partial charge in [-0.05, 0) is 143 Å². The van der Waals surface area contributed by atoms with Gasteiger partial charge in [0.15, 0.2) is 0 Å². The van der Waals surface area contributed by atoms with Crippen LogP contribution in [0.3, 0.4) is 0 Å². The van der Waals surface area contributed by atoms with Gasteiger partial charge in [0.1, 0.15) is 17.7 Å². The zero-order chi connectivity index (χ0) is 35.2. The van der Waals surface area contributed by atoms with Gasteiger partial charge in [-0.3, -0.25) is 9.69 Å². The van der Waals surface area contributed by atoms with Gasteiger partial charge in [-0.25, -0.2) is 14.8 Å². The number of methoxy groups -OCH3 is 1. The maximum atomic E-state index is 14.7. The Morgan fingerprint density at radius 1 is 0.941 bits per heavy atom. The van der Waals surface area contributed by atoms with E-state index in [0.29, 0.717) is 64.1 Å². The van der Waals surface area contributed by atoms with E-state index in [4.69, 9.17) is 19.4 Å². The van der Waals surface area contributed by atoms with Crippen LogP contribution < -0.4 is 9.64 Å². The van der Waals surface area contributed by atoms with E-state index in [1.807, 2.05) is 23.4 Å². The number of aliphatic hydroxyl groups excluding tert-OH is 1. The van der Waals surface area contributed by atoms with Gasteiger partial charge in [0.2, 0.25) is 5.91 Å². The topological polar surface area (TPSA) is 105 Å². The van der Waals surface area contributed by atoms with Crippen molar-refractivity contribution in [3.63, 3.8) is 0 Å². The van der Waals surface area contributed by atoms with Crippen LogP contribution in [0.25, 0.3) is 10.4 Å². The van der Waals surface area contributed by atoms with Crippen molar-refractivity contribution in [3.05, 3.63) is 58.9 Å². The summed E-state index contributed by atoms with van der Waals surface area (Å²) in [7, 11) is 1.74. The predicted molar refractivity (Wildman–Crippen MR) is 198 cm³/mol. The van der Waals surface area contributed by atoms with Gasteiger partial charge >= 0.3 is 6.09 Å². The lowest BCUT2D eigenvalue weighted by molar-refractivity contribution is -0.124. The third-order valence-corrected chi connectivity index (χ3v) is 14.1. The van der Waals surface area contributed by atoms with Gasteiger partial charge in [-0.1, -0.05) is 12.1 Å². The number of anilines is 1. The number of carbonyl (C=O) groups excluding carboxylic acids is 2. The number of benzene rings is 1. The Balaban J connectivity index is 0.991. The number of carbonyl (C=O) groups is 2. The van der Waals surface area contributed by atoms with E-state index in [9.17, 15) is 14.7 Å². The molecule has 9 rings (SSSR count). The molecule has 2 amide bonds. The van der Waals surface area contributed by atoms with E-state index in [0.717, 1.165) is 60.5 Å². The molecule has 6 fully saturated rings. The van der Waals surface area contributed by atoms with Gasteiger partial charge in [0, 0.05) is 43.9 Å². The van der Waals surface area contributed by atoms with Crippen molar-refractivity contribution in [3.8, 4) is 16.2 Å². The van der Waals surface area contributed by atoms with Gasteiger partial charge < -0.3 is 19.5 Å². The molecular weight excluding hydrogens is 661 g/mol. The van der Waals surface area contributed by atoms with Crippen LogP contribution in [0.2, 0.25) is 0 Å². The number of aryl methyl sites for hydroxylation is 1. The predicted octanol–water partition coefficient (Wildman–Crippen LogP) is 8.18. The quantitative estimate of drug-likeness (QED) is 0.239. The molecule has 3 aromatic rings. The van der Waals surface area contributed by atoms with Crippen LogP contribution in [-0.2, 0) is 14.9 Å². The van der Waals surface area contributed by atoms with Crippen molar-refractivity contribution in [2.75, 3.05) is 31.6 Å². The molecule has 2 bridgehead atoms. The Labute approximate surface area is 305 Å². The van der Waals surface area contributed by atoms with Crippen molar-refractivity contribution in [1.29, 1.82) is 0 Å². The molecular formula is C41H52N4O5S. The molecule has 3 heterocycles. The first kappa shape index (κ1) is 34.6. The van der Waals surface area contributed by atoms with E-state index in [2.05, 4.69) is 31.2 Å². The van der Waals surface area contributed by atoms with Gasteiger partial charge in [-0.15, -0.1) is 11.3 Å². The summed E-state index contributed by atoms with van der Waals surface area (Å²) < 4.78 is 11.5. The van der Waals surface area contributed by atoms with Gasteiger partial charge in [-0.2, -0.15) is 0 Å². The molecule has 0 radical (unpaired) electrons. The number of fused-ring (bicyclic) bond motifs is 3. The molecule has 1 saturated heterocycles. The number of likely N-dealkylation sites (tertiary alicyclic amines) is 1. The lowest BCUT2D eigenvalue weighted by Gasteiger charge is -2.55. The van der Waals surface area contributed by atoms with Crippen LogP contribution in [0, 0.1) is 18.3 Å². The van der Waals surface area contributed by atoms with E-state index >= 15 is 0 Å². The number of rotatable bonds is 9. The second-order valence-corrected chi connectivity index (χ2v) is 17.3. The lowest BCUT2D eigenvalue weighted by atomic mass is 9.51. The van der Waals surface area contributed by atoms with E-state index in [1.165, 1.54) is 29.0 Å². The first-order valence-electron chi connectivity index (χ1n) is 19.3. The normalized spacial score (nSPS) is 28.0. The van der Waals surface area contributed by atoms with Gasteiger partial charge in [0.25, 0.3) is 0 Å². The number of aliphatic hydroxyl groups is 1. The fraction of sp³-hybridized carbons (Fsp3) is 0.610. The van der Waals surface area contributed by atoms with Crippen LogP contribution in [0.1, 0.15) is 112 Å². The first-order valence-corrected chi connectivity index (χ1v) is 20.1. The highest BCUT2D eigenvalue weighted by Gasteiger charge is 2.51. The molecule has 0 atom stereocenters. The standard InChI is InChI=1S/C41H52N4O5S/c1-27-23-31(7-10-34(27)49-2)41-17-14-40(15-18-41,16-19-41)26-45(36-24-30(11-20-42-36)35-25-43-37(51-35)28-3-4-28)38(47)29-5-8-33(9-6-29)50-39(48)44-21-12-32(46)13-22-44/h7,10-11,20,23-25,28-29,32-33,46H,3-6,8-9,12-19,21-22,26H2,1-2H3. The minimum absolute atomic E-state index is 0.0645. The number of ether oxygens (including phenoxy) is 2. The molecule has 0 spiro atoms. The molecule has 1 aromatic carbocycles. The summed E-state index contributed by atoms with van der Waals surface area (Å²) in [6.07, 6.45) is 16.1. The molecule has 6 aliphatic rings. The number of amides is 2. The summed E-state index contributed by atoms with van der Waals surface area (Å²) >= 11 is 1.77. The molecule has 5 aliphatic carbocycles. The number of thiazole rings is 1. The molecule has 1 N–H and O–H groups in total. The van der Waals surface area contributed by atoms with Crippen molar-refractivity contribution < 1.29 is 24.2 Å². The second-order valence-electron chi connectivity index (χ2n) is 16.2. The highest BCUT2D eigenvalue weighted by molar-refractivity contribution is 7.15. The Morgan fingerprint density at radius 2 is 1.67 bits per heavy atom. The molecule has 9 nitrogen and oxygen atoms in total. The minimum atomic E-state index is -0.335. The summed E-state index contributed by atoms with van der Waals surface area (Å²) in [6, 6.07) is 10.9. The number of piperidine rings is 1. The summed E-state index contributed by atoms with van der Waals surface area (Å²) in [6.45, 7) is 3.88. The third-order valence-electron chi connectivity index (χ3n) is 12.9. The minimum Gasteiger partial charge on any atom is -0.496 e. The fourth-order valence-corrected chi connectivity index (χ4v) is 10.4. The number of aromatic nitrogens is 2. The average molecular weight is 713 g/mol. The van der Waals surface area contributed by atoms with Crippen LogP contribution >= 0.6 is 11.3 Å². The Kier molecular flexibility index (Phi) is 9.59. The SMILES string of the molecule is COc1ccc(C23CCC(CN(C(=O)C4CCC(OC(=O)N5CCC(O)CC5)CC4)c4cc(-c5cnc(C6CC6)s5)ccn4)(CC2)CC3)cc1C. The highest BCUT2D eigenvalue weighted by Crippen LogP contribution is 2.58. The molecule has 1 aliphatic heterocycles. The smallest absolute Gasteiger partial charge is 0.410 e. The number of hydrogen-bond acceptors (Lipinski definition) is 8. The van der Waals surface area contributed by atoms with Crippen LogP contribution in [0.4, 0.5) is 10.6 Å². The number of pyridine rings is 1. The molecule has 51 heavy (non-hydrogen) atoms.